The molecule has 1 atom stereocenters. The van der Waals surface area contributed by atoms with E-state index in [-0.39, 0.29) is 17.7 Å². The van der Waals surface area contributed by atoms with Gasteiger partial charge in [-0.05, 0) is 55.3 Å². The van der Waals surface area contributed by atoms with Gasteiger partial charge in [0.25, 0.3) is 11.8 Å². The fraction of sp³-hybridized carbons (Fsp3) is 0.303. The van der Waals surface area contributed by atoms with Gasteiger partial charge < -0.3 is 10.6 Å². The highest BCUT2D eigenvalue weighted by atomic mass is 16.2. The minimum atomic E-state index is -0.295. The first-order valence-electron chi connectivity index (χ1n) is 14.8. The molecule has 2 aromatic carbocycles. The second-order valence-corrected chi connectivity index (χ2v) is 11.1. The largest absolute Gasteiger partial charge is 0.348 e. The Bertz CT molecular complexity index is 1770. The number of nitrogens with one attached hydrogen (secondary N) is 2. The first-order chi connectivity index (χ1) is 20.9. The van der Waals surface area contributed by atoms with Gasteiger partial charge in [0.05, 0.1) is 17.6 Å². The Morgan fingerprint density at radius 3 is 2.77 bits per heavy atom. The molecule has 10 nitrogen and oxygen atoms in total. The first-order valence-corrected chi connectivity index (χ1v) is 14.8. The molecule has 10 heteroatoms. The van der Waals surface area contributed by atoms with E-state index in [0.717, 1.165) is 66.1 Å². The van der Waals surface area contributed by atoms with Gasteiger partial charge in [0.15, 0.2) is 5.65 Å². The molecule has 0 spiro atoms. The molecule has 4 heterocycles. The van der Waals surface area contributed by atoms with E-state index in [9.17, 15) is 9.59 Å². The lowest BCUT2D eigenvalue weighted by Gasteiger charge is -2.25. The molecule has 3 aromatic heterocycles. The summed E-state index contributed by atoms with van der Waals surface area (Å²) in [5, 5.41) is 15.3. The van der Waals surface area contributed by atoms with Gasteiger partial charge >= 0.3 is 0 Å². The summed E-state index contributed by atoms with van der Waals surface area (Å²) in [5.74, 6) is 0.438. The maximum atomic E-state index is 13.5. The third-order valence-electron chi connectivity index (χ3n) is 8.02. The van der Waals surface area contributed by atoms with E-state index >= 15 is 0 Å². The number of rotatable bonds is 11. The van der Waals surface area contributed by atoms with Crippen molar-refractivity contribution in [3.8, 4) is 5.69 Å². The van der Waals surface area contributed by atoms with Crippen LogP contribution in [-0.4, -0.2) is 54.2 Å². The monoisotopic (exact) mass is 576 g/mol. The van der Waals surface area contributed by atoms with Crippen LogP contribution in [0.3, 0.4) is 0 Å². The average molecular weight is 577 g/mol. The summed E-state index contributed by atoms with van der Waals surface area (Å²) in [4.78, 5) is 32.4. The molecule has 2 amide bonds. The zero-order valence-corrected chi connectivity index (χ0v) is 24.7. The summed E-state index contributed by atoms with van der Waals surface area (Å²) >= 11 is 0. The van der Waals surface area contributed by atoms with E-state index in [2.05, 4.69) is 51.6 Å². The topological polar surface area (TPSA) is 109 Å². The summed E-state index contributed by atoms with van der Waals surface area (Å²) in [5.41, 5.74) is 6.76. The zero-order chi connectivity index (χ0) is 29.9. The second-order valence-electron chi connectivity index (χ2n) is 11.1. The van der Waals surface area contributed by atoms with Gasteiger partial charge in [-0.3, -0.25) is 14.5 Å². The predicted molar refractivity (Wildman–Crippen MR) is 165 cm³/mol. The van der Waals surface area contributed by atoms with Crippen molar-refractivity contribution >= 4 is 23.3 Å². The van der Waals surface area contributed by atoms with Crippen molar-refractivity contribution in [3.63, 3.8) is 0 Å². The van der Waals surface area contributed by atoms with Crippen LogP contribution in [0, 0.1) is 6.92 Å². The molecule has 6 rings (SSSR count). The number of benzene rings is 2. The molecule has 0 saturated heterocycles. The van der Waals surface area contributed by atoms with Crippen LogP contribution in [0.5, 0.6) is 0 Å². The highest BCUT2D eigenvalue weighted by molar-refractivity contribution is 6.07. The molecule has 1 aliphatic rings. The molecule has 5 aromatic rings. The van der Waals surface area contributed by atoms with Crippen molar-refractivity contribution < 1.29 is 9.59 Å². The molecule has 1 aliphatic heterocycles. The smallest absolute Gasteiger partial charge is 0.262 e. The first kappa shape index (κ1) is 28.3. The van der Waals surface area contributed by atoms with E-state index in [0.29, 0.717) is 23.6 Å². The minimum absolute atomic E-state index is 0.000109. The van der Waals surface area contributed by atoms with Crippen LogP contribution in [0.25, 0.3) is 11.3 Å². The second kappa shape index (κ2) is 12.2. The van der Waals surface area contributed by atoms with Gasteiger partial charge in [0.1, 0.15) is 11.4 Å². The maximum Gasteiger partial charge on any atom is 0.262 e. The van der Waals surface area contributed by atoms with Gasteiger partial charge in [-0.1, -0.05) is 50.1 Å². The number of likely N-dealkylation sites (N-methyl/N-ethyl adjacent to an activating group) is 1. The van der Waals surface area contributed by atoms with Crippen LogP contribution in [0.4, 0.5) is 5.82 Å². The van der Waals surface area contributed by atoms with Crippen LogP contribution in [0.1, 0.15) is 75.7 Å². The van der Waals surface area contributed by atoms with E-state index in [1.807, 2.05) is 48.0 Å². The molecule has 0 aliphatic carbocycles. The molecule has 2 N–H and O–H groups in total. The highest BCUT2D eigenvalue weighted by Gasteiger charge is 2.24. The van der Waals surface area contributed by atoms with Gasteiger partial charge in [-0.25, -0.2) is 14.2 Å². The Labute approximate surface area is 250 Å². The van der Waals surface area contributed by atoms with Crippen LogP contribution in [-0.2, 0) is 13.1 Å². The molecule has 0 radical (unpaired) electrons. The average Bonchev–Trinajstić information content (AvgIpc) is 3.74. The number of hydrogen-bond donors (Lipinski definition) is 2. The Balaban J connectivity index is 1.29. The standard InChI is InChI=1S/C33H36N8O2/c1-4-7-25(21-39(5-2)20-23-10-11-24-18-35-32(42)27(24)16-23)29-17-30(41(38-29)26-12-8-22(3)9-13-26)37-33(43)28-19-36-40-15-6-14-34-31(28)40/h6,8-17,19,25H,4-5,7,18,20-21H2,1-3H3,(H,35,42)(H,37,43). The van der Waals surface area contributed by atoms with Gasteiger partial charge in [0.2, 0.25) is 0 Å². The number of anilines is 1. The van der Waals surface area contributed by atoms with Crippen LogP contribution in [0.2, 0.25) is 0 Å². The number of fused-ring (bicyclic) bond motifs is 2. The van der Waals surface area contributed by atoms with Crippen molar-refractivity contribution in [3.05, 3.63) is 107 Å². The maximum absolute atomic E-state index is 13.5. The lowest BCUT2D eigenvalue weighted by atomic mass is 9.98. The summed E-state index contributed by atoms with van der Waals surface area (Å²) in [6.45, 7) is 9.37. The fourth-order valence-electron chi connectivity index (χ4n) is 5.66. The Hall–Kier alpha value is -4.83. The van der Waals surface area contributed by atoms with Gasteiger partial charge in [-0.2, -0.15) is 10.2 Å². The van der Waals surface area contributed by atoms with Crippen molar-refractivity contribution in [2.24, 2.45) is 0 Å². The molecule has 0 saturated carbocycles. The molecule has 220 valence electrons. The van der Waals surface area contributed by atoms with E-state index in [1.54, 1.807) is 23.0 Å². The Kier molecular flexibility index (Phi) is 8.02. The van der Waals surface area contributed by atoms with Crippen LogP contribution in [0.15, 0.2) is 73.2 Å². The van der Waals surface area contributed by atoms with Crippen molar-refractivity contribution in [1.82, 2.24) is 34.6 Å². The lowest BCUT2D eigenvalue weighted by Crippen LogP contribution is -2.28. The lowest BCUT2D eigenvalue weighted by molar-refractivity contribution is 0.0964. The number of aromatic nitrogens is 5. The summed E-state index contributed by atoms with van der Waals surface area (Å²) in [6.07, 6.45) is 6.88. The number of carbonyl (C=O) groups excluding carboxylic acids is 2. The fourth-order valence-corrected chi connectivity index (χ4v) is 5.66. The van der Waals surface area contributed by atoms with Gasteiger partial charge in [-0.15, -0.1) is 0 Å². The summed E-state index contributed by atoms with van der Waals surface area (Å²) in [7, 11) is 0. The minimum Gasteiger partial charge on any atom is -0.348 e. The Morgan fingerprint density at radius 1 is 1.14 bits per heavy atom. The SMILES string of the molecule is CCCC(CN(CC)Cc1ccc2c(c1)C(=O)NC2)c1cc(NC(=O)c2cnn3cccnc23)n(-c2ccc(C)cc2)n1. The number of amides is 2. The zero-order valence-electron chi connectivity index (χ0n) is 24.7. The normalized spacial score (nSPS) is 13.3. The van der Waals surface area contributed by atoms with E-state index < -0.39 is 0 Å². The van der Waals surface area contributed by atoms with Crippen LogP contribution >= 0.6 is 0 Å². The van der Waals surface area contributed by atoms with Crippen LogP contribution < -0.4 is 10.6 Å². The highest BCUT2D eigenvalue weighted by Crippen LogP contribution is 2.28. The third-order valence-corrected chi connectivity index (χ3v) is 8.02. The molecule has 0 bridgehead atoms. The van der Waals surface area contributed by atoms with Crippen molar-refractivity contribution in [2.45, 2.75) is 52.6 Å². The van der Waals surface area contributed by atoms with E-state index in [4.69, 9.17) is 5.10 Å². The number of aryl methyl sites for hydroxylation is 1. The van der Waals surface area contributed by atoms with Crippen molar-refractivity contribution in [2.75, 3.05) is 18.4 Å². The number of nitrogens with zero attached hydrogens (tertiary/aromatic N) is 6. The number of hydrogen-bond acceptors (Lipinski definition) is 6. The summed E-state index contributed by atoms with van der Waals surface area (Å²) < 4.78 is 3.39. The quantitative estimate of drug-likeness (QED) is 0.226. The molecule has 43 heavy (non-hydrogen) atoms. The number of carbonyl (C=O) groups is 2. The predicted octanol–water partition coefficient (Wildman–Crippen LogP) is 5.12. The molecule has 0 fully saturated rings. The molecule has 1 unspecified atom stereocenters. The third kappa shape index (κ3) is 5.91. The summed E-state index contributed by atoms with van der Waals surface area (Å²) in [6, 6.07) is 18.0. The van der Waals surface area contributed by atoms with E-state index in [1.165, 1.54) is 6.20 Å². The van der Waals surface area contributed by atoms with Crippen molar-refractivity contribution in [1.29, 1.82) is 0 Å². The molecular formula is C33H36N8O2. The Morgan fingerprint density at radius 2 is 1.98 bits per heavy atom. The van der Waals surface area contributed by atoms with Gasteiger partial charge in [0, 0.05) is 49.6 Å². The molecular weight excluding hydrogens is 540 g/mol.